The Balaban J connectivity index is 2.26. The lowest BCUT2D eigenvalue weighted by Crippen LogP contribution is -2.61. The highest BCUT2D eigenvalue weighted by Crippen LogP contribution is 2.10. The number of amides is 5. The van der Waals surface area contributed by atoms with E-state index in [0.29, 0.717) is 5.56 Å². The van der Waals surface area contributed by atoms with Gasteiger partial charge in [0.05, 0.1) is 19.1 Å². The molecule has 272 valence electrons. The fourth-order valence-corrected chi connectivity index (χ4v) is 5.00. The van der Waals surface area contributed by atoms with Crippen molar-refractivity contribution in [3.8, 4) is 0 Å². The molecule has 0 aliphatic heterocycles. The third kappa shape index (κ3) is 13.7. The molecule has 0 aliphatic carbocycles. The molecule has 0 aromatic heterocycles. The second kappa shape index (κ2) is 20.1. The van der Waals surface area contributed by atoms with Crippen molar-refractivity contribution in [2.24, 2.45) is 5.92 Å². The molecule has 0 saturated heterocycles. The summed E-state index contributed by atoms with van der Waals surface area (Å²) in [4.78, 5) is 88.9. The molecule has 0 bridgehead atoms. The van der Waals surface area contributed by atoms with Crippen molar-refractivity contribution < 1.29 is 54.0 Å². The second-order valence-corrected chi connectivity index (χ2v) is 13.1. The minimum Gasteiger partial charge on any atom is -0.481 e. The van der Waals surface area contributed by atoms with Gasteiger partial charge in [0.25, 0.3) is 5.91 Å². The summed E-state index contributed by atoms with van der Waals surface area (Å²) in [7, 11) is 0. The van der Waals surface area contributed by atoms with Gasteiger partial charge in [-0.05, 0) is 71.7 Å². The van der Waals surface area contributed by atoms with Gasteiger partial charge in [0, 0.05) is 15.6 Å². The summed E-state index contributed by atoms with van der Waals surface area (Å²) in [5, 5.41) is 50.7. The van der Waals surface area contributed by atoms with Crippen LogP contribution >= 0.6 is 22.6 Å². The number of carbonyl (C=O) groups is 7. The maximum absolute atomic E-state index is 13.5. The van der Waals surface area contributed by atoms with Crippen molar-refractivity contribution in [1.29, 1.82) is 0 Å². The Kier molecular flexibility index (Phi) is 16.7. The van der Waals surface area contributed by atoms with Gasteiger partial charge in [-0.25, -0.2) is 4.79 Å². The lowest BCUT2D eigenvalue weighted by atomic mass is 10.0. The molecule has 0 aliphatic rings. The first-order valence-electron chi connectivity index (χ1n) is 15.6. The number of aliphatic hydroxyl groups excluding tert-OH is 2. The number of nitrogens with one attached hydrogen (secondary N) is 5. The van der Waals surface area contributed by atoms with Crippen LogP contribution in [-0.4, -0.2) is 105 Å². The van der Waals surface area contributed by atoms with Crippen LogP contribution in [0.15, 0.2) is 54.6 Å². The van der Waals surface area contributed by atoms with Crippen LogP contribution in [0.3, 0.4) is 0 Å². The van der Waals surface area contributed by atoms with Gasteiger partial charge in [-0.2, -0.15) is 0 Å². The maximum Gasteiger partial charge on any atom is 0.326 e. The number of carboxylic acids is 2. The summed E-state index contributed by atoms with van der Waals surface area (Å²) in [6.45, 7) is 3.68. The average Bonchev–Trinajstić information content (AvgIpc) is 3.04. The minimum absolute atomic E-state index is 0.0178. The van der Waals surface area contributed by atoms with Crippen LogP contribution in [0.5, 0.6) is 0 Å². The van der Waals surface area contributed by atoms with E-state index in [1.165, 1.54) is 19.1 Å². The zero-order chi connectivity index (χ0) is 37.5. The molecule has 0 heterocycles. The van der Waals surface area contributed by atoms with Gasteiger partial charge in [-0.3, -0.25) is 28.8 Å². The van der Waals surface area contributed by atoms with Crippen LogP contribution in [0, 0.1) is 9.49 Å². The fraction of sp³-hybridized carbons (Fsp3) is 0.424. The van der Waals surface area contributed by atoms with E-state index in [1.54, 1.807) is 56.3 Å². The Morgan fingerprint density at radius 3 is 1.72 bits per heavy atom. The van der Waals surface area contributed by atoms with E-state index in [9.17, 15) is 54.0 Å². The minimum atomic E-state index is -1.77. The van der Waals surface area contributed by atoms with Gasteiger partial charge < -0.3 is 47.0 Å². The van der Waals surface area contributed by atoms with Gasteiger partial charge in [-0.15, -0.1) is 0 Å². The van der Waals surface area contributed by atoms with E-state index in [-0.39, 0.29) is 24.3 Å². The Labute approximate surface area is 301 Å². The van der Waals surface area contributed by atoms with Crippen molar-refractivity contribution in [1.82, 2.24) is 26.6 Å². The van der Waals surface area contributed by atoms with Gasteiger partial charge in [-0.1, -0.05) is 44.2 Å². The van der Waals surface area contributed by atoms with Crippen LogP contribution in [0.2, 0.25) is 0 Å². The summed E-state index contributed by atoms with van der Waals surface area (Å²) in [5.74, 6) is -7.88. The number of halogens is 1. The smallest absolute Gasteiger partial charge is 0.326 e. The summed E-state index contributed by atoms with van der Waals surface area (Å²) < 4.78 is 0.864. The topological polar surface area (TPSA) is 261 Å². The zero-order valence-corrected chi connectivity index (χ0v) is 29.7. The highest BCUT2D eigenvalue weighted by Gasteiger charge is 2.34. The number of hydrogen-bond donors (Lipinski definition) is 9. The molecule has 50 heavy (non-hydrogen) atoms. The molecule has 0 fully saturated rings. The van der Waals surface area contributed by atoms with E-state index < -0.39 is 90.8 Å². The van der Waals surface area contributed by atoms with E-state index in [0.717, 1.165) is 3.57 Å². The quantitative estimate of drug-likeness (QED) is 0.0821. The highest BCUT2D eigenvalue weighted by atomic mass is 127. The van der Waals surface area contributed by atoms with Gasteiger partial charge in [0.2, 0.25) is 23.6 Å². The molecule has 0 spiro atoms. The van der Waals surface area contributed by atoms with Crippen molar-refractivity contribution in [3.63, 3.8) is 0 Å². The summed E-state index contributed by atoms with van der Waals surface area (Å²) in [5.41, 5.74) is 0.787. The number of carboxylic acid groups (broad SMARTS) is 2. The first kappa shape index (κ1) is 41.6. The molecule has 2 aromatic rings. The lowest BCUT2D eigenvalue weighted by molar-refractivity contribution is -0.144. The second-order valence-electron chi connectivity index (χ2n) is 11.9. The molecule has 16 nitrogen and oxygen atoms in total. The molecule has 17 heteroatoms. The summed E-state index contributed by atoms with van der Waals surface area (Å²) in [6.07, 6.45) is -2.47. The Bertz CT molecular complexity index is 1510. The number of aliphatic carboxylic acids is 2. The van der Waals surface area contributed by atoms with Gasteiger partial charge >= 0.3 is 11.9 Å². The van der Waals surface area contributed by atoms with Gasteiger partial charge in [0.1, 0.15) is 30.2 Å². The number of rotatable bonds is 19. The van der Waals surface area contributed by atoms with E-state index in [1.807, 2.05) is 0 Å². The molecular weight excluding hydrogens is 769 g/mol. The van der Waals surface area contributed by atoms with Crippen LogP contribution < -0.4 is 26.6 Å². The molecule has 9 N–H and O–H groups in total. The SMILES string of the molecule is CC(C)C[C@H](NC(=O)[C@H](CC(=O)O)NC(=O)[C@H](CO)NC(=O)[C@H](Cc1ccccc1)NC(=O)[C@@H](NC(=O)c1ccc(I)cc1)[C@@H](C)O)C(=O)O. The van der Waals surface area contributed by atoms with E-state index in [2.05, 4.69) is 49.2 Å². The Morgan fingerprint density at radius 2 is 1.20 bits per heavy atom. The van der Waals surface area contributed by atoms with Crippen LogP contribution in [-0.2, 0) is 35.2 Å². The molecule has 2 rings (SSSR count). The maximum atomic E-state index is 13.5. The Morgan fingerprint density at radius 1 is 0.680 bits per heavy atom. The lowest BCUT2D eigenvalue weighted by Gasteiger charge is -2.27. The van der Waals surface area contributed by atoms with E-state index >= 15 is 0 Å². The van der Waals surface area contributed by atoms with Crippen LogP contribution in [0.1, 0.15) is 49.5 Å². The van der Waals surface area contributed by atoms with Crippen LogP contribution in [0.4, 0.5) is 0 Å². The Hall–Kier alpha value is -4.62. The largest absolute Gasteiger partial charge is 0.481 e. The van der Waals surface area contributed by atoms with Crippen molar-refractivity contribution in [2.75, 3.05) is 6.61 Å². The standard InChI is InChI=1S/C33H42IN5O11/c1-17(2)13-24(33(49)50)37-30(46)23(15-26(42)43)35-31(47)25(16-40)38-29(45)22(14-19-7-5-4-6-8-19)36-32(48)27(18(3)41)39-28(44)20-9-11-21(34)12-10-20/h4-12,17-18,22-25,27,40-41H,13-16H2,1-3H3,(H,35,47)(H,36,48)(H,37,46)(H,38,45)(H,39,44)(H,42,43)(H,49,50)/t18-,22+,23+,24+,25+,27+/m1/s1. The van der Waals surface area contributed by atoms with Gasteiger partial charge in [0.15, 0.2) is 0 Å². The first-order chi connectivity index (χ1) is 23.5. The molecular formula is C33H42IN5O11. The predicted molar refractivity (Wildman–Crippen MR) is 186 cm³/mol. The summed E-state index contributed by atoms with van der Waals surface area (Å²) in [6, 6.07) is 6.98. The number of benzene rings is 2. The third-order valence-electron chi connectivity index (χ3n) is 7.22. The monoisotopic (exact) mass is 811 g/mol. The highest BCUT2D eigenvalue weighted by molar-refractivity contribution is 14.1. The van der Waals surface area contributed by atoms with Crippen LogP contribution in [0.25, 0.3) is 0 Å². The predicted octanol–water partition coefficient (Wildman–Crippen LogP) is -0.450. The molecule has 0 radical (unpaired) electrons. The normalized spacial score (nSPS) is 14.5. The van der Waals surface area contributed by atoms with Crippen molar-refractivity contribution in [3.05, 3.63) is 69.3 Å². The molecule has 5 amide bonds. The molecule has 6 atom stereocenters. The van der Waals surface area contributed by atoms with Crippen molar-refractivity contribution >= 4 is 64.1 Å². The van der Waals surface area contributed by atoms with Crippen molar-refractivity contribution in [2.45, 2.75) is 76.3 Å². The fourth-order valence-electron chi connectivity index (χ4n) is 4.64. The molecule has 2 aromatic carbocycles. The number of aliphatic hydroxyl groups is 2. The number of hydrogen-bond acceptors (Lipinski definition) is 9. The molecule has 0 saturated carbocycles. The first-order valence-corrected chi connectivity index (χ1v) is 16.7. The number of carbonyl (C=O) groups excluding carboxylic acids is 5. The zero-order valence-electron chi connectivity index (χ0n) is 27.6. The third-order valence-corrected chi connectivity index (χ3v) is 7.94. The average molecular weight is 812 g/mol. The summed E-state index contributed by atoms with van der Waals surface area (Å²) >= 11 is 2.06. The molecule has 0 unspecified atom stereocenters. The van der Waals surface area contributed by atoms with E-state index in [4.69, 9.17) is 0 Å².